The summed E-state index contributed by atoms with van der Waals surface area (Å²) >= 11 is 0. The molecule has 1 aliphatic heterocycles. The van der Waals surface area contributed by atoms with Crippen LogP contribution in [0.15, 0.2) is 0 Å². The van der Waals surface area contributed by atoms with Gasteiger partial charge in [0.25, 0.3) is 0 Å². The molecule has 104 valence electrons. The molecule has 2 amide bonds. The Morgan fingerprint density at radius 1 is 1.33 bits per heavy atom. The highest BCUT2D eigenvalue weighted by molar-refractivity contribution is 5.84. The van der Waals surface area contributed by atoms with E-state index in [-0.39, 0.29) is 24.4 Å². The van der Waals surface area contributed by atoms with Crippen LogP contribution in [0.4, 0.5) is 0 Å². The molecule has 18 heavy (non-hydrogen) atoms. The van der Waals surface area contributed by atoms with E-state index >= 15 is 0 Å². The lowest BCUT2D eigenvalue weighted by molar-refractivity contribution is -0.141. The second-order valence-electron chi connectivity index (χ2n) is 5.47. The second kappa shape index (κ2) is 6.76. The van der Waals surface area contributed by atoms with E-state index in [9.17, 15) is 9.59 Å². The van der Waals surface area contributed by atoms with Crippen LogP contribution in [0.3, 0.4) is 0 Å². The van der Waals surface area contributed by atoms with Gasteiger partial charge in [0.05, 0.1) is 6.54 Å². The molecular weight excluding hydrogens is 228 g/mol. The van der Waals surface area contributed by atoms with Crippen LogP contribution in [0, 0.1) is 5.92 Å². The Bertz CT molecular complexity index is 296. The molecule has 0 bridgehead atoms. The smallest absolute Gasteiger partial charge is 0.242 e. The molecule has 0 aromatic heterocycles. The lowest BCUT2D eigenvalue weighted by Crippen LogP contribution is -2.47. The minimum atomic E-state index is -0.0110. The molecule has 0 saturated carbocycles. The van der Waals surface area contributed by atoms with Crippen molar-refractivity contribution in [3.05, 3.63) is 0 Å². The van der Waals surface area contributed by atoms with E-state index in [4.69, 9.17) is 0 Å². The van der Waals surface area contributed by atoms with E-state index in [0.29, 0.717) is 5.92 Å². The third-order valence-electron chi connectivity index (χ3n) is 3.97. The zero-order chi connectivity index (χ0) is 13.7. The molecule has 1 rings (SSSR count). The average molecular weight is 254 g/mol. The maximum atomic E-state index is 12.2. The predicted octanol–water partition coefficient (Wildman–Crippen LogP) is 1.89. The van der Waals surface area contributed by atoms with Crippen molar-refractivity contribution in [2.45, 2.75) is 53.0 Å². The largest absolute Gasteiger partial charge is 0.341 e. The highest BCUT2D eigenvalue weighted by Gasteiger charge is 2.24. The number of carbonyl (C=O) groups is 2. The quantitative estimate of drug-likeness (QED) is 0.768. The van der Waals surface area contributed by atoms with Crippen molar-refractivity contribution in [2.24, 2.45) is 5.92 Å². The summed E-state index contributed by atoms with van der Waals surface area (Å²) in [7, 11) is 0. The number of hydrogen-bond donors (Lipinski definition) is 0. The lowest BCUT2D eigenvalue weighted by atomic mass is 9.99. The molecule has 0 aromatic rings. The van der Waals surface area contributed by atoms with Gasteiger partial charge in [-0.3, -0.25) is 9.59 Å². The zero-order valence-corrected chi connectivity index (χ0v) is 12.1. The summed E-state index contributed by atoms with van der Waals surface area (Å²) in [6.07, 6.45) is 3.04. The molecule has 1 heterocycles. The van der Waals surface area contributed by atoms with E-state index in [1.807, 2.05) is 18.7 Å². The third kappa shape index (κ3) is 4.00. The summed E-state index contributed by atoms with van der Waals surface area (Å²) in [5.74, 6) is 0.799. The first-order valence-electron chi connectivity index (χ1n) is 7.00. The maximum absolute atomic E-state index is 12.2. The fourth-order valence-corrected chi connectivity index (χ4v) is 2.30. The number of piperidine rings is 1. The summed E-state index contributed by atoms with van der Waals surface area (Å²) < 4.78 is 0. The molecule has 0 N–H and O–H groups in total. The number of amides is 2. The highest BCUT2D eigenvalue weighted by Crippen LogP contribution is 2.16. The van der Waals surface area contributed by atoms with Gasteiger partial charge in [-0.15, -0.1) is 0 Å². The molecule has 4 heteroatoms. The molecule has 0 radical (unpaired) electrons. The van der Waals surface area contributed by atoms with Gasteiger partial charge < -0.3 is 9.80 Å². The Kier molecular flexibility index (Phi) is 5.63. The first-order valence-corrected chi connectivity index (χ1v) is 7.00. The monoisotopic (exact) mass is 254 g/mol. The van der Waals surface area contributed by atoms with Crippen molar-refractivity contribution in [3.63, 3.8) is 0 Å². The highest BCUT2D eigenvalue weighted by atomic mass is 16.2. The van der Waals surface area contributed by atoms with E-state index in [1.54, 1.807) is 4.90 Å². The van der Waals surface area contributed by atoms with Crippen molar-refractivity contribution >= 4 is 11.8 Å². The van der Waals surface area contributed by atoms with E-state index < -0.39 is 0 Å². The van der Waals surface area contributed by atoms with Crippen LogP contribution in [0.2, 0.25) is 0 Å². The van der Waals surface area contributed by atoms with E-state index in [1.165, 1.54) is 6.92 Å². The minimum absolute atomic E-state index is 0.0110. The van der Waals surface area contributed by atoms with Crippen LogP contribution in [-0.2, 0) is 9.59 Å². The Labute approximate surface area is 110 Å². The molecular formula is C14H26N2O2. The number of rotatable bonds is 4. The summed E-state index contributed by atoms with van der Waals surface area (Å²) in [4.78, 5) is 27.3. The number of hydrogen-bond acceptors (Lipinski definition) is 2. The fourth-order valence-electron chi connectivity index (χ4n) is 2.30. The molecule has 1 fully saturated rings. The molecule has 1 unspecified atom stereocenters. The Morgan fingerprint density at radius 2 is 1.89 bits per heavy atom. The van der Waals surface area contributed by atoms with Crippen molar-refractivity contribution in [1.82, 2.24) is 9.80 Å². The molecule has 0 aliphatic carbocycles. The normalized spacial score (nSPS) is 18.6. The van der Waals surface area contributed by atoms with Crippen LogP contribution in [0.5, 0.6) is 0 Å². The molecule has 1 saturated heterocycles. The van der Waals surface area contributed by atoms with Crippen molar-refractivity contribution < 1.29 is 9.59 Å². The van der Waals surface area contributed by atoms with Gasteiger partial charge in [-0.05, 0) is 32.1 Å². The van der Waals surface area contributed by atoms with Gasteiger partial charge >= 0.3 is 0 Å². The first kappa shape index (κ1) is 15.0. The first-order chi connectivity index (χ1) is 8.45. The average Bonchev–Trinajstić information content (AvgIpc) is 2.35. The summed E-state index contributed by atoms with van der Waals surface area (Å²) in [5, 5.41) is 0. The van der Waals surface area contributed by atoms with Gasteiger partial charge in [0.15, 0.2) is 0 Å². The Hall–Kier alpha value is -1.06. The van der Waals surface area contributed by atoms with Gasteiger partial charge in [-0.25, -0.2) is 0 Å². The van der Waals surface area contributed by atoms with Crippen molar-refractivity contribution in [1.29, 1.82) is 0 Å². The number of likely N-dealkylation sites (tertiary alicyclic amines) is 1. The van der Waals surface area contributed by atoms with E-state index in [2.05, 4.69) is 6.92 Å². The standard InChI is InChI=1S/C14H26N2O2/c1-5-12(3)16(13(4)17)10-14(18)15-8-6-11(2)7-9-15/h11-12H,5-10H2,1-4H3. The fraction of sp³-hybridized carbons (Fsp3) is 0.857. The molecule has 1 atom stereocenters. The second-order valence-corrected chi connectivity index (χ2v) is 5.47. The van der Waals surface area contributed by atoms with Crippen LogP contribution in [0.1, 0.15) is 47.0 Å². The van der Waals surface area contributed by atoms with Gasteiger partial charge in [0, 0.05) is 26.1 Å². The number of nitrogens with zero attached hydrogens (tertiary/aromatic N) is 2. The third-order valence-corrected chi connectivity index (χ3v) is 3.97. The molecule has 1 aliphatic rings. The summed E-state index contributed by atoms with van der Waals surface area (Å²) in [5.41, 5.74) is 0. The van der Waals surface area contributed by atoms with E-state index in [0.717, 1.165) is 32.4 Å². The molecule has 0 aromatic carbocycles. The molecule has 4 nitrogen and oxygen atoms in total. The SMILES string of the molecule is CCC(C)N(CC(=O)N1CCC(C)CC1)C(C)=O. The van der Waals surface area contributed by atoms with Gasteiger partial charge in [-0.2, -0.15) is 0 Å². The Balaban J connectivity index is 2.53. The number of carbonyl (C=O) groups excluding carboxylic acids is 2. The van der Waals surface area contributed by atoms with Crippen LogP contribution >= 0.6 is 0 Å². The van der Waals surface area contributed by atoms with Gasteiger partial charge in [-0.1, -0.05) is 13.8 Å². The van der Waals surface area contributed by atoms with Crippen LogP contribution in [0.25, 0.3) is 0 Å². The van der Waals surface area contributed by atoms with Gasteiger partial charge in [0.2, 0.25) is 11.8 Å². The minimum Gasteiger partial charge on any atom is -0.341 e. The lowest BCUT2D eigenvalue weighted by Gasteiger charge is -2.33. The van der Waals surface area contributed by atoms with Crippen LogP contribution < -0.4 is 0 Å². The van der Waals surface area contributed by atoms with Crippen molar-refractivity contribution in [3.8, 4) is 0 Å². The zero-order valence-electron chi connectivity index (χ0n) is 12.1. The Morgan fingerprint density at radius 3 is 2.33 bits per heavy atom. The maximum Gasteiger partial charge on any atom is 0.242 e. The molecule has 0 spiro atoms. The van der Waals surface area contributed by atoms with Crippen molar-refractivity contribution in [2.75, 3.05) is 19.6 Å². The summed E-state index contributed by atoms with van der Waals surface area (Å²) in [6, 6.07) is 0.134. The van der Waals surface area contributed by atoms with Gasteiger partial charge in [0.1, 0.15) is 0 Å². The summed E-state index contributed by atoms with van der Waals surface area (Å²) in [6.45, 7) is 9.71. The predicted molar refractivity (Wildman–Crippen MR) is 72.1 cm³/mol. The topological polar surface area (TPSA) is 40.6 Å². The van der Waals surface area contributed by atoms with Crippen LogP contribution in [-0.4, -0.2) is 47.3 Å².